The molecule has 3 aromatic rings. The van der Waals surface area contributed by atoms with Gasteiger partial charge in [0.05, 0.1) is 25.3 Å². The van der Waals surface area contributed by atoms with E-state index in [-0.39, 0.29) is 11.7 Å². The molecule has 178 valence electrons. The molecule has 0 spiro atoms. The Kier molecular flexibility index (Phi) is 7.18. The van der Waals surface area contributed by atoms with Crippen molar-refractivity contribution in [2.24, 2.45) is 0 Å². The second-order valence-corrected chi connectivity index (χ2v) is 9.61. The van der Waals surface area contributed by atoms with Crippen molar-refractivity contribution in [1.82, 2.24) is 14.8 Å². The van der Waals surface area contributed by atoms with Crippen molar-refractivity contribution in [1.29, 1.82) is 0 Å². The van der Waals surface area contributed by atoms with Crippen molar-refractivity contribution in [3.05, 3.63) is 71.0 Å². The van der Waals surface area contributed by atoms with Gasteiger partial charge in [-0.05, 0) is 35.9 Å². The number of carbonyl (C=O) groups excluding carboxylic acids is 1. The average molecular weight is 481 g/mol. The molecule has 0 atom stereocenters. The Morgan fingerprint density at radius 3 is 2.53 bits per heavy atom. The standard InChI is InChI=1S/C26H29FN4O2S/c27-22-4-6-24(7-5-22)30-8-10-31(11-9-30)25(32)17-23-19-34-26(28-23)21-3-1-2-20(16-21)18-29-12-14-33-15-13-29/h1-7,16,19H,8-15,17-18H2. The van der Waals surface area contributed by atoms with Crippen LogP contribution >= 0.6 is 11.3 Å². The van der Waals surface area contributed by atoms with E-state index in [2.05, 4.69) is 34.1 Å². The quantitative estimate of drug-likeness (QED) is 0.539. The summed E-state index contributed by atoms with van der Waals surface area (Å²) in [6.45, 7) is 7.25. The first-order chi connectivity index (χ1) is 16.6. The lowest BCUT2D eigenvalue weighted by Gasteiger charge is -2.36. The number of thiazole rings is 1. The van der Waals surface area contributed by atoms with Gasteiger partial charge in [-0.3, -0.25) is 9.69 Å². The Bertz CT molecular complexity index is 1110. The number of anilines is 1. The molecule has 2 aliphatic rings. The van der Waals surface area contributed by atoms with Crippen LogP contribution in [0.2, 0.25) is 0 Å². The molecule has 6 nitrogen and oxygen atoms in total. The molecule has 0 saturated carbocycles. The summed E-state index contributed by atoms with van der Waals surface area (Å²) in [4.78, 5) is 24.1. The van der Waals surface area contributed by atoms with Crippen LogP contribution < -0.4 is 4.90 Å². The molecule has 2 aliphatic heterocycles. The lowest BCUT2D eigenvalue weighted by molar-refractivity contribution is -0.130. The first-order valence-electron chi connectivity index (χ1n) is 11.8. The van der Waals surface area contributed by atoms with Crippen LogP contribution in [0.25, 0.3) is 10.6 Å². The molecule has 5 rings (SSSR count). The Hall–Kier alpha value is -2.81. The maximum atomic E-state index is 13.2. The molecular weight excluding hydrogens is 451 g/mol. The number of piperazine rings is 1. The molecular formula is C26H29FN4O2S. The molecule has 0 aliphatic carbocycles. The zero-order chi connectivity index (χ0) is 23.3. The van der Waals surface area contributed by atoms with Crippen LogP contribution in [-0.4, -0.2) is 73.2 Å². The van der Waals surface area contributed by atoms with Gasteiger partial charge in [0.2, 0.25) is 5.91 Å². The number of hydrogen-bond acceptors (Lipinski definition) is 6. The van der Waals surface area contributed by atoms with Gasteiger partial charge >= 0.3 is 0 Å². The SMILES string of the molecule is O=C(Cc1csc(-c2cccc(CN3CCOCC3)c2)n1)N1CCN(c2ccc(F)cc2)CC1. The van der Waals surface area contributed by atoms with E-state index in [4.69, 9.17) is 9.72 Å². The summed E-state index contributed by atoms with van der Waals surface area (Å²) in [6, 6.07) is 15.1. The summed E-state index contributed by atoms with van der Waals surface area (Å²) >= 11 is 1.59. The summed E-state index contributed by atoms with van der Waals surface area (Å²) in [7, 11) is 0. The van der Waals surface area contributed by atoms with Gasteiger partial charge in [-0.2, -0.15) is 0 Å². The van der Waals surface area contributed by atoms with Crippen LogP contribution in [0.4, 0.5) is 10.1 Å². The summed E-state index contributed by atoms with van der Waals surface area (Å²) in [5.41, 5.74) is 4.19. The topological polar surface area (TPSA) is 48.9 Å². The van der Waals surface area contributed by atoms with Crippen LogP contribution in [0.15, 0.2) is 53.9 Å². The monoisotopic (exact) mass is 480 g/mol. The molecule has 34 heavy (non-hydrogen) atoms. The second-order valence-electron chi connectivity index (χ2n) is 8.75. The van der Waals surface area contributed by atoms with Gasteiger partial charge in [-0.25, -0.2) is 9.37 Å². The van der Waals surface area contributed by atoms with Crippen molar-refractivity contribution < 1.29 is 13.9 Å². The van der Waals surface area contributed by atoms with Crippen LogP contribution in [0, 0.1) is 5.82 Å². The van der Waals surface area contributed by atoms with E-state index in [1.165, 1.54) is 17.7 Å². The van der Waals surface area contributed by atoms with Crippen LogP contribution in [0.1, 0.15) is 11.3 Å². The fraction of sp³-hybridized carbons (Fsp3) is 0.385. The van der Waals surface area contributed by atoms with Gasteiger partial charge in [0.15, 0.2) is 0 Å². The molecule has 3 heterocycles. The van der Waals surface area contributed by atoms with Crippen molar-refractivity contribution >= 4 is 22.9 Å². The van der Waals surface area contributed by atoms with Gasteiger partial charge < -0.3 is 14.5 Å². The van der Waals surface area contributed by atoms with Crippen LogP contribution in [-0.2, 0) is 22.5 Å². The van der Waals surface area contributed by atoms with Gasteiger partial charge in [0.25, 0.3) is 0 Å². The third kappa shape index (κ3) is 5.63. The molecule has 0 N–H and O–H groups in total. The van der Waals surface area contributed by atoms with Crippen molar-refractivity contribution in [3.63, 3.8) is 0 Å². The van der Waals surface area contributed by atoms with E-state index in [1.54, 1.807) is 23.5 Å². The highest BCUT2D eigenvalue weighted by Crippen LogP contribution is 2.26. The van der Waals surface area contributed by atoms with E-state index in [1.807, 2.05) is 10.3 Å². The number of benzene rings is 2. The number of ether oxygens (including phenoxy) is 1. The second kappa shape index (κ2) is 10.6. The number of carbonyl (C=O) groups is 1. The summed E-state index contributed by atoms with van der Waals surface area (Å²) < 4.78 is 18.6. The van der Waals surface area contributed by atoms with Gasteiger partial charge in [-0.15, -0.1) is 11.3 Å². The molecule has 0 bridgehead atoms. The van der Waals surface area contributed by atoms with Crippen LogP contribution in [0.3, 0.4) is 0 Å². The lowest BCUT2D eigenvalue weighted by Crippen LogP contribution is -2.49. The first kappa shape index (κ1) is 23.0. The average Bonchev–Trinajstić information content (AvgIpc) is 3.34. The predicted molar refractivity (Wildman–Crippen MR) is 133 cm³/mol. The molecule has 8 heteroatoms. The molecule has 2 fully saturated rings. The smallest absolute Gasteiger partial charge is 0.228 e. The van der Waals surface area contributed by atoms with E-state index in [9.17, 15) is 9.18 Å². The third-order valence-electron chi connectivity index (χ3n) is 6.39. The highest BCUT2D eigenvalue weighted by Gasteiger charge is 2.22. The predicted octanol–water partition coefficient (Wildman–Crippen LogP) is 3.67. The van der Waals surface area contributed by atoms with E-state index in [0.29, 0.717) is 19.5 Å². The number of morpholine rings is 1. The highest BCUT2D eigenvalue weighted by atomic mass is 32.1. The summed E-state index contributed by atoms with van der Waals surface area (Å²) in [5.74, 6) is -0.124. The van der Waals surface area contributed by atoms with Gasteiger partial charge in [-0.1, -0.05) is 18.2 Å². The number of nitrogens with zero attached hydrogens (tertiary/aromatic N) is 4. The third-order valence-corrected chi connectivity index (χ3v) is 7.33. The minimum atomic E-state index is -0.232. The normalized spacial score (nSPS) is 17.2. The zero-order valence-corrected chi connectivity index (χ0v) is 20.0. The number of hydrogen-bond donors (Lipinski definition) is 0. The number of halogens is 1. The lowest BCUT2D eigenvalue weighted by atomic mass is 10.1. The van der Waals surface area contributed by atoms with Crippen molar-refractivity contribution in [3.8, 4) is 10.6 Å². The van der Waals surface area contributed by atoms with Gasteiger partial charge in [0.1, 0.15) is 10.8 Å². The molecule has 1 amide bonds. The molecule has 0 radical (unpaired) electrons. The van der Waals surface area contributed by atoms with Crippen LogP contribution in [0.5, 0.6) is 0 Å². The fourth-order valence-corrected chi connectivity index (χ4v) is 5.29. The number of amides is 1. The number of aromatic nitrogens is 1. The maximum absolute atomic E-state index is 13.2. The van der Waals surface area contributed by atoms with E-state index >= 15 is 0 Å². The van der Waals surface area contributed by atoms with Crippen molar-refractivity contribution in [2.75, 3.05) is 57.4 Å². The highest BCUT2D eigenvalue weighted by molar-refractivity contribution is 7.13. The maximum Gasteiger partial charge on any atom is 0.228 e. The van der Waals surface area contributed by atoms with Gasteiger partial charge in [0, 0.05) is 62.4 Å². The molecule has 0 unspecified atom stereocenters. The Morgan fingerprint density at radius 1 is 1.00 bits per heavy atom. The summed E-state index contributed by atoms with van der Waals surface area (Å²) in [6.07, 6.45) is 0.320. The first-order valence-corrected chi connectivity index (χ1v) is 12.6. The molecule has 2 saturated heterocycles. The summed E-state index contributed by atoms with van der Waals surface area (Å²) in [5, 5.41) is 2.95. The van der Waals surface area contributed by atoms with E-state index < -0.39 is 0 Å². The minimum Gasteiger partial charge on any atom is -0.379 e. The molecule has 1 aromatic heterocycles. The Balaban J connectivity index is 1.16. The van der Waals surface area contributed by atoms with Crippen molar-refractivity contribution in [2.45, 2.75) is 13.0 Å². The minimum absolute atomic E-state index is 0.108. The Labute approximate surface area is 203 Å². The number of rotatable bonds is 6. The Morgan fingerprint density at radius 2 is 1.76 bits per heavy atom. The largest absolute Gasteiger partial charge is 0.379 e. The molecule has 2 aromatic carbocycles. The fourth-order valence-electron chi connectivity index (χ4n) is 4.47. The zero-order valence-electron chi connectivity index (χ0n) is 19.2. The van der Waals surface area contributed by atoms with E-state index in [0.717, 1.165) is 67.9 Å².